The van der Waals surface area contributed by atoms with Crippen LogP contribution in [0, 0.1) is 0 Å². The maximum absolute atomic E-state index is 12.7. The average Bonchev–Trinajstić information content (AvgIpc) is 3.24. The van der Waals surface area contributed by atoms with Gasteiger partial charge in [0.2, 0.25) is 0 Å². The lowest BCUT2D eigenvalue weighted by molar-refractivity contribution is -0.0432. The Morgan fingerprint density at radius 1 is 1.29 bits per heavy atom. The largest absolute Gasteiger partial charge is 0.394 e. The first-order chi connectivity index (χ1) is 13.4. The molecule has 8 nitrogen and oxygen atoms in total. The molecule has 0 spiro atoms. The van der Waals surface area contributed by atoms with Crippen LogP contribution in [0.3, 0.4) is 0 Å². The summed E-state index contributed by atoms with van der Waals surface area (Å²) >= 11 is 0. The highest BCUT2D eigenvalue weighted by Gasteiger charge is 2.35. The second-order valence-corrected chi connectivity index (χ2v) is 7.51. The van der Waals surface area contributed by atoms with Gasteiger partial charge in [-0.15, -0.1) is 0 Å². The molecule has 3 atom stereocenters. The molecule has 1 saturated heterocycles. The van der Waals surface area contributed by atoms with Gasteiger partial charge in [0.05, 0.1) is 19.0 Å². The summed E-state index contributed by atoms with van der Waals surface area (Å²) in [7, 11) is 0. The molecule has 1 fully saturated rings. The van der Waals surface area contributed by atoms with Crippen LogP contribution < -0.4 is 5.56 Å². The van der Waals surface area contributed by atoms with Crippen LogP contribution in [0.5, 0.6) is 0 Å². The van der Waals surface area contributed by atoms with E-state index in [0.29, 0.717) is 18.6 Å². The van der Waals surface area contributed by atoms with E-state index < -0.39 is 18.4 Å². The maximum atomic E-state index is 12.7. The van der Waals surface area contributed by atoms with Crippen LogP contribution in [-0.2, 0) is 11.3 Å². The van der Waals surface area contributed by atoms with Crippen molar-refractivity contribution in [1.29, 1.82) is 0 Å². The Morgan fingerprint density at radius 3 is 2.75 bits per heavy atom. The smallest absolute Gasteiger partial charge is 0.281 e. The van der Waals surface area contributed by atoms with Crippen LogP contribution in [0.1, 0.15) is 46.3 Å². The molecule has 0 aliphatic carbocycles. The van der Waals surface area contributed by atoms with E-state index in [2.05, 4.69) is 36.8 Å². The van der Waals surface area contributed by atoms with E-state index in [0.717, 1.165) is 12.8 Å². The van der Waals surface area contributed by atoms with Crippen molar-refractivity contribution < 1.29 is 14.9 Å². The molecule has 0 radical (unpaired) electrons. The van der Waals surface area contributed by atoms with E-state index in [4.69, 9.17) is 4.74 Å². The van der Waals surface area contributed by atoms with Crippen LogP contribution >= 0.6 is 0 Å². The van der Waals surface area contributed by atoms with Crippen molar-refractivity contribution in [2.45, 2.75) is 65.0 Å². The number of nitrogens with zero attached hydrogens (tertiary/aromatic N) is 4. The van der Waals surface area contributed by atoms with Crippen LogP contribution in [0.25, 0.3) is 11.2 Å². The lowest BCUT2D eigenvalue weighted by Gasteiger charge is -2.13. The molecule has 28 heavy (non-hydrogen) atoms. The standard InChI is InChI=1S/C20H28N4O4/c1-13(2)5-4-6-14(3)7-8-23-11-22-19-18(20(23)27)21-12-24(19)17-9-15(26)16(10-25)28-17/h5,7,11-12,15-17,25-26H,4,6,8-10H2,1-3H3/t15-,16+,17+/m0/s1. The number of fused-ring (bicyclic) bond motifs is 1. The highest BCUT2D eigenvalue weighted by Crippen LogP contribution is 2.30. The summed E-state index contributed by atoms with van der Waals surface area (Å²) in [6.45, 7) is 6.41. The molecular weight excluding hydrogens is 360 g/mol. The monoisotopic (exact) mass is 388 g/mol. The van der Waals surface area contributed by atoms with E-state index in [-0.39, 0.29) is 17.7 Å². The quantitative estimate of drug-likeness (QED) is 0.703. The molecule has 8 heteroatoms. The third kappa shape index (κ3) is 4.40. The van der Waals surface area contributed by atoms with Gasteiger partial charge in [-0.2, -0.15) is 0 Å². The van der Waals surface area contributed by atoms with E-state index in [1.54, 1.807) is 4.57 Å². The number of aliphatic hydroxyl groups is 2. The highest BCUT2D eigenvalue weighted by atomic mass is 16.5. The van der Waals surface area contributed by atoms with Gasteiger partial charge in [-0.1, -0.05) is 23.3 Å². The van der Waals surface area contributed by atoms with Crippen LogP contribution in [0.2, 0.25) is 0 Å². The number of ether oxygens (including phenoxy) is 1. The van der Waals surface area contributed by atoms with E-state index in [9.17, 15) is 15.0 Å². The fraction of sp³-hybridized carbons (Fsp3) is 0.550. The Bertz CT molecular complexity index is 939. The minimum absolute atomic E-state index is 0.214. The van der Waals surface area contributed by atoms with Gasteiger partial charge in [-0.05, 0) is 33.6 Å². The van der Waals surface area contributed by atoms with E-state index in [1.165, 1.54) is 28.4 Å². The van der Waals surface area contributed by atoms with Crippen molar-refractivity contribution in [2.24, 2.45) is 0 Å². The normalized spacial score (nSPS) is 22.8. The molecule has 0 saturated carbocycles. The zero-order chi connectivity index (χ0) is 20.3. The molecule has 0 amide bonds. The molecule has 152 valence electrons. The number of aliphatic hydroxyl groups excluding tert-OH is 2. The summed E-state index contributed by atoms with van der Waals surface area (Å²) in [6, 6.07) is 0. The van der Waals surface area contributed by atoms with Gasteiger partial charge >= 0.3 is 0 Å². The van der Waals surface area contributed by atoms with E-state index >= 15 is 0 Å². The van der Waals surface area contributed by atoms with Gasteiger partial charge in [0.15, 0.2) is 11.2 Å². The Labute approximate surface area is 163 Å². The molecular formula is C20H28N4O4. The summed E-state index contributed by atoms with van der Waals surface area (Å²) in [5.41, 5.74) is 3.00. The third-order valence-corrected chi connectivity index (χ3v) is 4.97. The lowest BCUT2D eigenvalue weighted by Crippen LogP contribution is -2.24. The fourth-order valence-corrected chi connectivity index (χ4v) is 3.28. The minimum atomic E-state index is -0.757. The van der Waals surface area contributed by atoms with Gasteiger partial charge in [-0.3, -0.25) is 13.9 Å². The molecule has 2 aromatic rings. The Morgan fingerprint density at radius 2 is 2.07 bits per heavy atom. The molecule has 1 aliphatic rings. The molecule has 3 rings (SSSR count). The molecule has 2 aromatic heterocycles. The van der Waals surface area contributed by atoms with Gasteiger partial charge < -0.3 is 14.9 Å². The SMILES string of the molecule is CC(C)=CCCC(C)=CCn1cnc2c(ncn2[C@H]2C[C@H](O)[C@@H](CO)O2)c1=O. The molecule has 0 aromatic carbocycles. The predicted molar refractivity (Wildman–Crippen MR) is 106 cm³/mol. The molecule has 0 bridgehead atoms. The minimum Gasteiger partial charge on any atom is -0.394 e. The number of imidazole rings is 1. The molecule has 1 aliphatic heterocycles. The predicted octanol–water partition coefficient (Wildman–Crippen LogP) is 1.93. The van der Waals surface area contributed by atoms with Crippen LogP contribution in [0.4, 0.5) is 0 Å². The van der Waals surface area contributed by atoms with Gasteiger partial charge in [-0.25, -0.2) is 9.97 Å². The summed E-state index contributed by atoms with van der Waals surface area (Å²) in [5.74, 6) is 0. The topological polar surface area (TPSA) is 102 Å². The van der Waals surface area contributed by atoms with Crippen molar-refractivity contribution in [3.05, 3.63) is 46.3 Å². The van der Waals surface area contributed by atoms with Crippen LogP contribution in [0.15, 0.2) is 40.7 Å². The maximum Gasteiger partial charge on any atom is 0.281 e. The van der Waals surface area contributed by atoms with Crippen molar-refractivity contribution in [1.82, 2.24) is 19.1 Å². The number of aromatic nitrogens is 4. The summed E-state index contributed by atoms with van der Waals surface area (Å²) in [6.07, 6.45) is 7.61. The summed E-state index contributed by atoms with van der Waals surface area (Å²) in [4.78, 5) is 21.3. The number of rotatable bonds is 7. The molecule has 2 N–H and O–H groups in total. The second kappa shape index (κ2) is 8.81. The number of hydrogen-bond donors (Lipinski definition) is 2. The van der Waals surface area contributed by atoms with Crippen molar-refractivity contribution in [3.63, 3.8) is 0 Å². The first-order valence-corrected chi connectivity index (χ1v) is 9.56. The first-order valence-electron chi connectivity index (χ1n) is 9.56. The lowest BCUT2D eigenvalue weighted by atomic mass is 10.1. The number of allylic oxidation sites excluding steroid dienone is 4. The van der Waals surface area contributed by atoms with E-state index in [1.807, 2.05) is 6.08 Å². The Hall–Kier alpha value is -2.29. The highest BCUT2D eigenvalue weighted by molar-refractivity contribution is 5.69. The Kier molecular flexibility index (Phi) is 6.43. The van der Waals surface area contributed by atoms with Crippen molar-refractivity contribution in [2.75, 3.05) is 6.61 Å². The Balaban J connectivity index is 1.76. The molecule has 3 heterocycles. The van der Waals surface area contributed by atoms with Crippen LogP contribution in [-0.4, -0.2) is 48.1 Å². The first kappa shape index (κ1) is 20.4. The second-order valence-electron chi connectivity index (χ2n) is 7.51. The summed E-state index contributed by atoms with van der Waals surface area (Å²) < 4.78 is 8.81. The fourth-order valence-electron chi connectivity index (χ4n) is 3.28. The van der Waals surface area contributed by atoms with Gasteiger partial charge in [0.1, 0.15) is 18.7 Å². The van der Waals surface area contributed by atoms with Crippen molar-refractivity contribution in [3.8, 4) is 0 Å². The van der Waals surface area contributed by atoms with Gasteiger partial charge in [0.25, 0.3) is 5.56 Å². The zero-order valence-electron chi connectivity index (χ0n) is 16.6. The van der Waals surface area contributed by atoms with Crippen molar-refractivity contribution >= 4 is 11.2 Å². The van der Waals surface area contributed by atoms with Gasteiger partial charge in [0, 0.05) is 13.0 Å². The summed E-state index contributed by atoms with van der Waals surface area (Å²) in [5, 5.41) is 19.2. The number of hydrogen-bond acceptors (Lipinski definition) is 6. The third-order valence-electron chi connectivity index (χ3n) is 4.97. The zero-order valence-corrected chi connectivity index (χ0v) is 16.6. The molecule has 0 unspecified atom stereocenters. The average molecular weight is 388 g/mol.